The van der Waals surface area contributed by atoms with Crippen LogP contribution in [-0.4, -0.2) is 88.5 Å². The van der Waals surface area contributed by atoms with Gasteiger partial charge in [-0.1, -0.05) is 0 Å². The lowest BCUT2D eigenvalue weighted by Gasteiger charge is -2.25. The molecular formula is C23H40N10O5. The van der Waals surface area contributed by atoms with Crippen molar-refractivity contribution in [1.82, 2.24) is 31.2 Å². The average Bonchev–Trinajstić information content (AvgIpc) is 3.59. The van der Waals surface area contributed by atoms with Crippen LogP contribution >= 0.6 is 0 Å². The van der Waals surface area contributed by atoms with E-state index in [4.69, 9.17) is 17.2 Å². The highest BCUT2D eigenvalue weighted by Crippen LogP contribution is 2.09. The summed E-state index contributed by atoms with van der Waals surface area (Å²) in [6.45, 7) is 1.33. The Morgan fingerprint density at radius 2 is 1.76 bits per heavy atom. The van der Waals surface area contributed by atoms with Crippen LogP contribution in [0.15, 0.2) is 17.5 Å². The van der Waals surface area contributed by atoms with Crippen molar-refractivity contribution in [3.05, 3.63) is 18.2 Å². The number of carboxylic acid groups (broad SMARTS) is 1. The lowest BCUT2D eigenvalue weighted by molar-refractivity contribution is -0.142. The van der Waals surface area contributed by atoms with E-state index < -0.39 is 42.0 Å². The number of carbonyl (C=O) groups is 4. The Balaban J connectivity index is 2.10. The van der Waals surface area contributed by atoms with E-state index in [1.807, 2.05) is 0 Å². The molecule has 15 nitrogen and oxygen atoms in total. The first-order valence-corrected chi connectivity index (χ1v) is 12.8. The third-order valence-electron chi connectivity index (χ3n) is 6.13. The molecule has 3 amide bonds. The van der Waals surface area contributed by atoms with Gasteiger partial charge < -0.3 is 48.6 Å². The third kappa shape index (κ3) is 10.7. The van der Waals surface area contributed by atoms with E-state index in [0.29, 0.717) is 37.9 Å². The maximum Gasteiger partial charge on any atom is 0.326 e. The first-order chi connectivity index (χ1) is 18.2. The normalized spacial score (nSPS) is 17.1. The Morgan fingerprint density at radius 3 is 2.37 bits per heavy atom. The molecule has 0 aliphatic carbocycles. The number of aromatic amines is 1. The molecule has 1 aromatic heterocycles. The van der Waals surface area contributed by atoms with Crippen LogP contribution in [0.1, 0.15) is 50.6 Å². The van der Waals surface area contributed by atoms with Crippen LogP contribution in [0.2, 0.25) is 0 Å². The molecular weight excluding hydrogens is 496 g/mol. The summed E-state index contributed by atoms with van der Waals surface area (Å²) in [7, 11) is 0. The molecule has 38 heavy (non-hydrogen) atoms. The van der Waals surface area contributed by atoms with Crippen LogP contribution in [0.3, 0.4) is 0 Å². The molecule has 1 aliphatic rings. The molecule has 0 bridgehead atoms. The molecule has 0 radical (unpaired) electrons. The maximum absolute atomic E-state index is 13.3. The molecule has 0 spiro atoms. The smallest absolute Gasteiger partial charge is 0.326 e. The number of aromatic nitrogens is 2. The van der Waals surface area contributed by atoms with E-state index in [1.165, 1.54) is 6.33 Å². The van der Waals surface area contributed by atoms with E-state index in [9.17, 15) is 24.3 Å². The van der Waals surface area contributed by atoms with E-state index in [-0.39, 0.29) is 37.7 Å². The monoisotopic (exact) mass is 536 g/mol. The number of imidazole rings is 1. The lowest BCUT2D eigenvalue weighted by atomic mass is 10.0. The minimum atomic E-state index is -1.22. The predicted molar refractivity (Wildman–Crippen MR) is 140 cm³/mol. The Morgan fingerprint density at radius 1 is 1.05 bits per heavy atom. The molecule has 212 valence electrons. The number of nitrogens with zero attached hydrogens (tertiary/aromatic N) is 2. The van der Waals surface area contributed by atoms with Gasteiger partial charge in [0.1, 0.15) is 18.1 Å². The quantitative estimate of drug-likeness (QED) is 0.0571. The molecule has 2 rings (SSSR count). The van der Waals surface area contributed by atoms with Gasteiger partial charge in [-0.05, 0) is 58.0 Å². The number of aliphatic imine (C=N–C) groups is 1. The number of H-pyrrole nitrogens is 1. The molecule has 0 aromatic carbocycles. The van der Waals surface area contributed by atoms with Gasteiger partial charge in [0.05, 0.1) is 12.4 Å². The number of unbranched alkanes of at least 4 members (excludes halogenated alkanes) is 1. The summed E-state index contributed by atoms with van der Waals surface area (Å²) < 4.78 is 0. The molecule has 4 atom stereocenters. The summed E-state index contributed by atoms with van der Waals surface area (Å²) in [4.78, 5) is 61.6. The molecule has 15 heteroatoms. The van der Waals surface area contributed by atoms with Crippen molar-refractivity contribution in [1.29, 1.82) is 0 Å². The van der Waals surface area contributed by atoms with Gasteiger partial charge >= 0.3 is 5.97 Å². The number of guanidine groups is 1. The molecule has 4 unspecified atom stereocenters. The standard InChI is InChI=1S/C23H40N10O5/c24-8-2-1-5-16(20(35)32-17(22(37)38)7-4-10-29-23(25)26)31-21(36)18(11-14-12-27-13-30-14)33-19(34)15-6-3-9-28-15/h12-13,15-18,28H,1-11,24H2,(H,27,30)(H,31,36)(H,32,35)(H,33,34)(H,37,38)(H4,25,26,29). The van der Waals surface area contributed by atoms with E-state index in [1.54, 1.807) is 6.20 Å². The molecule has 12 N–H and O–H groups in total. The highest BCUT2D eigenvalue weighted by Gasteiger charge is 2.31. The Kier molecular flexibility index (Phi) is 13.0. The summed E-state index contributed by atoms with van der Waals surface area (Å²) in [5.41, 5.74) is 16.8. The Bertz CT molecular complexity index is 929. The SMILES string of the molecule is NCCCCC(NC(=O)C(Cc1cnc[nH]1)NC(=O)C1CCCN1)C(=O)NC(CCCN=C(N)N)C(=O)O. The van der Waals surface area contributed by atoms with Gasteiger partial charge in [-0.3, -0.25) is 19.4 Å². The van der Waals surface area contributed by atoms with Gasteiger partial charge in [0.15, 0.2) is 5.96 Å². The van der Waals surface area contributed by atoms with Crippen molar-refractivity contribution in [3.63, 3.8) is 0 Å². The Labute approximate surface area is 221 Å². The highest BCUT2D eigenvalue weighted by atomic mass is 16.4. The van der Waals surface area contributed by atoms with Crippen molar-refractivity contribution in [2.45, 2.75) is 75.5 Å². The van der Waals surface area contributed by atoms with Gasteiger partial charge in [0.25, 0.3) is 0 Å². The zero-order valence-corrected chi connectivity index (χ0v) is 21.4. The third-order valence-corrected chi connectivity index (χ3v) is 6.13. The van der Waals surface area contributed by atoms with Crippen LogP contribution in [0.4, 0.5) is 0 Å². The molecule has 1 fully saturated rings. The maximum atomic E-state index is 13.3. The summed E-state index contributed by atoms with van der Waals surface area (Å²) in [5.74, 6) is -2.85. The highest BCUT2D eigenvalue weighted by molar-refractivity contribution is 5.94. The van der Waals surface area contributed by atoms with Crippen molar-refractivity contribution in [2.75, 3.05) is 19.6 Å². The van der Waals surface area contributed by atoms with Crippen molar-refractivity contribution >= 4 is 29.7 Å². The number of carboxylic acids is 1. The van der Waals surface area contributed by atoms with Crippen molar-refractivity contribution in [2.24, 2.45) is 22.2 Å². The fourth-order valence-electron chi connectivity index (χ4n) is 4.07. The first kappa shape index (κ1) is 30.5. The van der Waals surface area contributed by atoms with E-state index in [0.717, 1.165) is 13.0 Å². The number of aliphatic carboxylic acids is 1. The predicted octanol–water partition coefficient (Wildman–Crippen LogP) is -2.57. The van der Waals surface area contributed by atoms with Gasteiger partial charge in [0, 0.05) is 24.9 Å². The van der Waals surface area contributed by atoms with Crippen molar-refractivity contribution in [3.8, 4) is 0 Å². The molecule has 1 saturated heterocycles. The van der Waals surface area contributed by atoms with Crippen LogP contribution < -0.4 is 38.5 Å². The fraction of sp³-hybridized carbons (Fsp3) is 0.652. The van der Waals surface area contributed by atoms with Crippen LogP contribution in [0.25, 0.3) is 0 Å². The fourth-order valence-corrected chi connectivity index (χ4v) is 4.07. The second-order valence-electron chi connectivity index (χ2n) is 9.18. The second-order valence-corrected chi connectivity index (χ2v) is 9.18. The van der Waals surface area contributed by atoms with Gasteiger partial charge in [0.2, 0.25) is 17.7 Å². The largest absolute Gasteiger partial charge is 0.480 e. The number of carbonyl (C=O) groups excluding carboxylic acids is 3. The van der Waals surface area contributed by atoms with Crippen LogP contribution in [0, 0.1) is 0 Å². The number of nitrogens with one attached hydrogen (secondary N) is 5. The molecule has 1 aliphatic heterocycles. The molecule has 1 aromatic rings. The lowest BCUT2D eigenvalue weighted by Crippen LogP contribution is -2.57. The van der Waals surface area contributed by atoms with E-state index in [2.05, 4.69) is 36.2 Å². The van der Waals surface area contributed by atoms with Gasteiger partial charge in [-0.25, -0.2) is 9.78 Å². The minimum Gasteiger partial charge on any atom is -0.480 e. The number of hydrogen-bond donors (Lipinski definition) is 9. The molecule has 2 heterocycles. The molecule has 0 saturated carbocycles. The summed E-state index contributed by atoms with van der Waals surface area (Å²) in [5, 5.41) is 20.6. The number of rotatable bonds is 17. The number of nitrogens with two attached hydrogens (primary N) is 3. The van der Waals surface area contributed by atoms with Crippen LogP contribution in [-0.2, 0) is 25.6 Å². The summed E-state index contributed by atoms with van der Waals surface area (Å²) >= 11 is 0. The topological polar surface area (TPSA) is 256 Å². The first-order valence-electron chi connectivity index (χ1n) is 12.8. The second kappa shape index (κ2) is 16.2. The summed E-state index contributed by atoms with van der Waals surface area (Å²) in [6, 6.07) is -3.60. The van der Waals surface area contributed by atoms with Gasteiger partial charge in [-0.2, -0.15) is 0 Å². The zero-order valence-electron chi connectivity index (χ0n) is 21.4. The number of hydrogen-bond acceptors (Lipinski definition) is 8. The number of amides is 3. The van der Waals surface area contributed by atoms with E-state index >= 15 is 0 Å². The summed E-state index contributed by atoms with van der Waals surface area (Å²) in [6.07, 6.45) is 6.46. The minimum absolute atomic E-state index is 0.0915. The van der Waals surface area contributed by atoms with Gasteiger partial charge in [-0.15, -0.1) is 0 Å². The zero-order chi connectivity index (χ0) is 27.9. The average molecular weight is 537 g/mol. The van der Waals surface area contributed by atoms with Crippen LogP contribution in [0.5, 0.6) is 0 Å². The van der Waals surface area contributed by atoms with Crippen molar-refractivity contribution < 1.29 is 24.3 Å². The Hall–Kier alpha value is -3.72.